The largest absolute Gasteiger partial charge is 0.355 e. The second-order valence-electron chi connectivity index (χ2n) is 7.05. The number of sulfonamides is 1. The van der Waals surface area contributed by atoms with Gasteiger partial charge in [0.15, 0.2) is 0 Å². The van der Waals surface area contributed by atoms with E-state index < -0.39 is 28.5 Å². The first-order valence-corrected chi connectivity index (χ1v) is 12.7. The van der Waals surface area contributed by atoms with Crippen molar-refractivity contribution in [2.45, 2.75) is 26.4 Å². The molecule has 2 aromatic carbocycles. The first-order chi connectivity index (χ1) is 15.0. The highest BCUT2D eigenvalue weighted by molar-refractivity contribution is 7.92. The van der Waals surface area contributed by atoms with E-state index in [1.807, 2.05) is 0 Å². The summed E-state index contributed by atoms with van der Waals surface area (Å²) in [6.45, 7) is 3.14. The molecular weight excluding hydrogens is 497 g/mol. The quantitative estimate of drug-likeness (QED) is 0.542. The van der Waals surface area contributed by atoms with Crippen LogP contribution in [0.5, 0.6) is 0 Å². The average molecular weight is 521 g/mol. The first kappa shape index (κ1) is 26.3. The van der Waals surface area contributed by atoms with Crippen molar-refractivity contribution >= 4 is 62.3 Å². The van der Waals surface area contributed by atoms with Gasteiger partial charge in [-0.2, -0.15) is 0 Å². The van der Waals surface area contributed by atoms with Crippen LogP contribution in [0.4, 0.5) is 5.69 Å². The van der Waals surface area contributed by atoms with Gasteiger partial charge < -0.3 is 10.2 Å². The van der Waals surface area contributed by atoms with E-state index in [1.54, 1.807) is 38.1 Å². The summed E-state index contributed by atoms with van der Waals surface area (Å²) >= 11 is 18.5. The highest BCUT2D eigenvalue weighted by atomic mass is 35.5. The van der Waals surface area contributed by atoms with Crippen molar-refractivity contribution in [3.05, 3.63) is 63.1 Å². The van der Waals surface area contributed by atoms with Gasteiger partial charge in [-0.1, -0.05) is 53.0 Å². The Hall–Kier alpha value is -2.00. The molecular formula is C21H24Cl3N3O4S. The Balaban J connectivity index is 2.45. The Kier molecular flexibility index (Phi) is 9.21. The second kappa shape index (κ2) is 11.2. The minimum Gasteiger partial charge on any atom is -0.355 e. The maximum atomic E-state index is 13.4. The monoisotopic (exact) mass is 519 g/mol. The Morgan fingerprint density at radius 3 is 2.31 bits per heavy atom. The molecule has 2 aromatic rings. The molecule has 0 radical (unpaired) electrons. The molecule has 0 fully saturated rings. The highest BCUT2D eigenvalue weighted by Gasteiger charge is 2.31. The molecule has 2 amide bonds. The van der Waals surface area contributed by atoms with Crippen molar-refractivity contribution in [1.82, 2.24) is 10.2 Å². The van der Waals surface area contributed by atoms with E-state index in [1.165, 1.54) is 23.1 Å². The van der Waals surface area contributed by atoms with E-state index in [9.17, 15) is 18.0 Å². The molecule has 0 aromatic heterocycles. The summed E-state index contributed by atoms with van der Waals surface area (Å²) in [5.41, 5.74) is 0.684. The van der Waals surface area contributed by atoms with Crippen LogP contribution < -0.4 is 9.62 Å². The molecule has 7 nitrogen and oxygen atoms in total. The number of carbonyl (C=O) groups excluding carboxylic acids is 2. The second-order valence-corrected chi connectivity index (χ2v) is 10.2. The molecule has 0 aliphatic carbocycles. The van der Waals surface area contributed by atoms with Crippen molar-refractivity contribution in [1.29, 1.82) is 0 Å². The first-order valence-electron chi connectivity index (χ1n) is 9.69. The highest BCUT2D eigenvalue weighted by Crippen LogP contribution is 2.31. The van der Waals surface area contributed by atoms with E-state index in [4.69, 9.17) is 34.8 Å². The van der Waals surface area contributed by atoms with Gasteiger partial charge in [-0.15, -0.1) is 0 Å². The van der Waals surface area contributed by atoms with Crippen molar-refractivity contribution < 1.29 is 18.0 Å². The van der Waals surface area contributed by atoms with E-state index in [0.717, 1.165) is 10.6 Å². The molecule has 0 spiro atoms. The number of nitrogens with one attached hydrogen (secondary N) is 1. The third-order valence-electron chi connectivity index (χ3n) is 4.67. The zero-order chi connectivity index (χ0) is 24.1. The molecule has 0 aliphatic rings. The number of carbonyl (C=O) groups is 2. The molecule has 174 valence electrons. The van der Waals surface area contributed by atoms with Gasteiger partial charge in [-0.25, -0.2) is 8.42 Å². The number of hydrogen-bond acceptors (Lipinski definition) is 4. The Bertz CT molecular complexity index is 1100. The number of hydrogen-bond donors (Lipinski definition) is 1. The number of rotatable bonds is 9. The van der Waals surface area contributed by atoms with Crippen molar-refractivity contribution in [3.8, 4) is 0 Å². The van der Waals surface area contributed by atoms with Crippen LogP contribution >= 0.6 is 34.8 Å². The molecule has 0 bridgehead atoms. The fourth-order valence-electron chi connectivity index (χ4n) is 2.99. The number of nitrogens with zero attached hydrogens (tertiary/aromatic N) is 2. The molecule has 0 aliphatic heterocycles. The van der Waals surface area contributed by atoms with Crippen LogP contribution in [0.15, 0.2) is 42.5 Å². The third kappa shape index (κ3) is 6.75. The van der Waals surface area contributed by atoms with Gasteiger partial charge in [-0.05, 0) is 43.7 Å². The van der Waals surface area contributed by atoms with Crippen LogP contribution in [-0.2, 0) is 26.2 Å². The molecule has 11 heteroatoms. The lowest BCUT2D eigenvalue weighted by molar-refractivity contribution is -0.139. The zero-order valence-electron chi connectivity index (χ0n) is 17.8. The average Bonchev–Trinajstić information content (AvgIpc) is 2.72. The number of halogens is 3. The number of likely N-dealkylation sites (N-methyl/N-ethyl adjacent to an activating group) is 1. The number of amides is 2. The van der Waals surface area contributed by atoms with E-state index >= 15 is 0 Å². The SMILES string of the molecule is CCNC(=O)[C@H](C)N(Cc1ccccc1Cl)C(=O)CN(c1cc(Cl)ccc1Cl)S(C)(=O)=O. The van der Waals surface area contributed by atoms with Crippen molar-refractivity contribution in [2.75, 3.05) is 23.7 Å². The predicted molar refractivity (Wildman–Crippen MR) is 129 cm³/mol. The summed E-state index contributed by atoms with van der Waals surface area (Å²) in [7, 11) is -3.91. The number of benzene rings is 2. The molecule has 0 saturated heterocycles. The lowest BCUT2D eigenvalue weighted by Gasteiger charge is -2.31. The normalized spacial score (nSPS) is 12.2. The smallest absolute Gasteiger partial charge is 0.244 e. The molecule has 0 unspecified atom stereocenters. The lowest BCUT2D eigenvalue weighted by atomic mass is 10.1. The molecule has 1 atom stereocenters. The number of anilines is 1. The fourth-order valence-corrected chi connectivity index (χ4v) is 4.47. The van der Waals surface area contributed by atoms with E-state index in [2.05, 4.69) is 5.32 Å². The molecule has 32 heavy (non-hydrogen) atoms. The fraction of sp³-hybridized carbons (Fsp3) is 0.333. The van der Waals surface area contributed by atoms with Gasteiger partial charge in [0, 0.05) is 23.1 Å². The Morgan fingerprint density at radius 2 is 1.72 bits per heavy atom. The summed E-state index contributed by atoms with van der Waals surface area (Å²) in [4.78, 5) is 27.1. The minimum atomic E-state index is -3.91. The maximum Gasteiger partial charge on any atom is 0.244 e. The topological polar surface area (TPSA) is 86.8 Å². The summed E-state index contributed by atoms with van der Waals surface area (Å²) < 4.78 is 25.9. The van der Waals surface area contributed by atoms with Gasteiger partial charge in [0.1, 0.15) is 12.6 Å². The van der Waals surface area contributed by atoms with Gasteiger partial charge in [0.05, 0.1) is 17.0 Å². The third-order valence-corrected chi connectivity index (χ3v) is 6.72. The van der Waals surface area contributed by atoms with E-state index in [0.29, 0.717) is 17.1 Å². The standard InChI is InChI=1S/C21H24Cl3N3O4S/c1-4-25-21(29)14(2)26(12-15-7-5-6-8-17(15)23)20(28)13-27(32(3,30)31)19-11-16(22)9-10-18(19)24/h5-11,14H,4,12-13H2,1-3H3,(H,25,29)/t14-/m0/s1. The summed E-state index contributed by atoms with van der Waals surface area (Å²) in [6, 6.07) is 10.4. The minimum absolute atomic E-state index is 0.0116. The van der Waals surface area contributed by atoms with E-state index in [-0.39, 0.29) is 28.2 Å². The molecule has 0 heterocycles. The van der Waals surface area contributed by atoms with Gasteiger partial charge in [0.2, 0.25) is 21.8 Å². The molecule has 2 rings (SSSR count). The van der Waals surface area contributed by atoms with Crippen LogP contribution in [0.2, 0.25) is 15.1 Å². The summed E-state index contributed by atoms with van der Waals surface area (Å²) in [5, 5.41) is 3.47. The zero-order valence-corrected chi connectivity index (χ0v) is 20.9. The van der Waals surface area contributed by atoms with Crippen molar-refractivity contribution in [3.63, 3.8) is 0 Å². The predicted octanol–water partition coefficient (Wildman–Crippen LogP) is 3.97. The molecule has 1 N–H and O–H groups in total. The Labute approximate surface area is 203 Å². The van der Waals surface area contributed by atoms with Gasteiger partial charge in [0.25, 0.3) is 0 Å². The molecule has 0 saturated carbocycles. The lowest BCUT2D eigenvalue weighted by Crippen LogP contribution is -2.51. The summed E-state index contributed by atoms with van der Waals surface area (Å²) in [5.74, 6) is -0.982. The van der Waals surface area contributed by atoms with Crippen LogP contribution in [0, 0.1) is 0 Å². The summed E-state index contributed by atoms with van der Waals surface area (Å²) in [6.07, 6.45) is 0.961. The van der Waals surface area contributed by atoms with Gasteiger partial charge >= 0.3 is 0 Å². The van der Waals surface area contributed by atoms with Crippen molar-refractivity contribution in [2.24, 2.45) is 0 Å². The van der Waals surface area contributed by atoms with Crippen LogP contribution in [0.25, 0.3) is 0 Å². The van der Waals surface area contributed by atoms with Crippen LogP contribution in [-0.4, -0.2) is 50.5 Å². The van der Waals surface area contributed by atoms with Crippen LogP contribution in [0.1, 0.15) is 19.4 Å². The maximum absolute atomic E-state index is 13.4. The Morgan fingerprint density at radius 1 is 1.06 bits per heavy atom. The van der Waals surface area contributed by atoms with Gasteiger partial charge in [-0.3, -0.25) is 13.9 Å². The van der Waals surface area contributed by atoms with Crippen LogP contribution in [0.3, 0.4) is 0 Å².